The number of benzene rings is 1. The van der Waals surface area contributed by atoms with Gasteiger partial charge in [-0.05, 0) is 31.4 Å². The molecule has 0 radical (unpaired) electrons. The molecule has 182 valence electrons. The van der Waals surface area contributed by atoms with E-state index in [1.54, 1.807) is 6.07 Å². The minimum atomic E-state index is -4.98. The number of para-hydroxylation sites is 1. The SMILES string of the molecule is O=C(c1oc(C2(O)CCC2)nc1C(F)(F)F)N1CCc2[nH]cnc2[C@H]1c1nc2c(F)cccc2s1. The van der Waals surface area contributed by atoms with Gasteiger partial charge in [0.15, 0.2) is 5.69 Å². The molecule has 1 fully saturated rings. The first-order chi connectivity index (χ1) is 16.7. The second kappa shape index (κ2) is 7.59. The summed E-state index contributed by atoms with van der Waals surface area (Å²) in [6.45, 7) is 0.0364. The molecular formula is C22H17F4N5O3S. The standard InChI is InChI=1S/C22H17F4N5O3S/c23-10-3-1-4-12-13(10)29-18(35-12)15-14-11(27-9-28-14)5-8-31(15)19(32)16-17(22(24,25)26)30-20(34-16)21(33)6-2-7-21/h1,3-4,9,15,33H,2,5-8H2,(H,27,28)/t15-/m0/s1. The Labute approximate surface area is 198 Å². The summed E-state index contributed by atoms with van der Waals surface area (Å²) in [6, 6.07) is 3.49. The number of rotatable bonds is 3. The van der Waals surface area contributed by atoms with Gasteiger partial charge in [0.1, 0.15) is 28.0 Å². The van der Waals surface area contributed by atoms with Crippen molar-refractivity contribution in [3.8, 4) is 0 Å². The molecule has 1 saturated carbocycles. The van der Waals surface area contributed by atoms with Gasteiger partial charge in [-0.3, -0.25) is 4.79 Å². The molecule has 35 heavy (non-hydrogen) atoms. The van der Waals surface area contributed by atoms with Crippen LogP contribution in [0.3, 0.4) is 0 Å². The lowest BCUT2D eigenvalue weighted by molar-refractivity contribution is -0.141. The first kappa shape index (κ1) is 22.2. The van der Waals surface area contributed by atoms with Crippen molar-refractivity contribution in [2.75, 3.05) is 6.54 Å². The number of aromatic nitrogens is 4. The van der Waals surface area contributed by atoms with Crippen LogP contribution in [0, 0.1) is 5.82 Å². The molecule has 2 aliphatic rings. The van der Waals surface area contributed by atoms with Crippen molar-refractivity contribution in [3.05, 3.63) is 64.1 Å². The molecule has 1 atom stereocenters. The number of H-pyrrole nitrogens is 1. The number of hydrogen-bond acceptors (Lipinski definition) is 7. The quantitative estimate of drug-likeness (QED) is 0.400. The fourth-order valence-electron chi connectivity index (χ4n) is 4.51. The van der Waals surface area contributed by atoms with Crippen molar-refractivity contribution in [1.29, 1.82) is 0 Å². The van der Waals surface area contributed by atoms with Crippen LogP contribution in [-0.2, 0) is 18.2 Å². The number of carbonyl (C=O) groups excluding carboxylic acids is 1. The van der Waals surface area contributed by atoms with Gasteiger partial charge in [-0.15, -0.1) is 11.3 Å². The van der Waals surface area contributed by atoms with E-state index in [-0.39, 0.29) is 24.9 Å². The fraction of sp³-hybridized carbons (Fsp3) is 0.364. The maximum atomic E-state index is 14.3. The fourth-order valence-corrected chi connectivity index (χ4v) is 5.61. The van der Waals surface area contributed by atoms with Crippen LogP contribution in [0.5, 0.6) is 0 Å². The maximum absolute atomic E-state index is 14.3. The number of alkyl halides is 3. The molecule has 1 amide bonds. The lowest BCUT2D eigenvalue weighted by Gasteiger charge is -2.34. The summed E-state index contributed by atoms with van der Waals surface area (Å²) in [5, 5.41) is 10.8. The van der Waals surface area contributed by atoms with Crippen molar-refractivity contribution in [2.45, 2.75) is 43.5 Å². The van der Waals surface area contributed by atoms with Crippen molar-refractivity contribution in [1.82, 2.24) is 24.8 Å². The molecule has 2 N–H and O–H groups in total. The van der Waals surface area contributed by atoms with E-state index in [0.717, 1.165) is 11.3 Å². The molecule has 3 aromatic heterocycles. The highest BCUT2D eigenvalue weighted by molar-refractivity contribution is 7.18. The Bertz CT molecular complexity index is 1450. The Morgan fingerprint density at radius 2 is 2.09 bits per heavy atom. The van der Waals surface area contributed by atoms with E-state index in [4.69, 9.17) is 4.42 Å². The van der Waals surface area contributed by atoms with Crippen molar-refractivity contribution < 1.29 is 31.9 Å². The van der Waals surface area contributed by atoms with Gasteiger partial charge in [0.05, 0.1) is 16.7 Å². The van der Waals surface area contributed by atoms with Crippen LogP contribution in [0.2, 0.25) is 0 Å². The van der Waals surface area contributed by atoms with Gasteiger partial charge >= 0.3 is 6.18 Å². The molecule has 1 aromatic carbocycles. The average Bonchev–Trinajstić information content (AvgIpc) is 3.53. The Morgan fingerprint density at radius 3 is 2.77 bits per heavy atom. The summed E-state index contributed by atoms with van der Waals surface area (Å²) in [7, 11) is 0. The van der Waals surface area contributed by atoms with E-state index in [1.165, 1.54) is 23.4 Å². The average molecular weight is 507 g/mol. The van der Waals surface area contributed by atoms with Gasteiger partial charge in [0.2, 0.25) is 11.7 Å². The predicted octanol–water partition coefficient (Wildman–Crippen LogP) is 4.32. The van der Waals surface area contributed by atoms with Gasteiger partial charge in [-0.25, -0.2) is 19.3 Å². The second-order valence-electron chi connectivity index (χ2n) is 8.64. The van der Waals surface area contributed by atoms with Crippen LogP contribution in [-0.4, -0.2) is 42.4 Å². The minimum absolute atomic E-state index is 0.0364. The number of imidazole rings is 1. The van der Waals surface area contributed by atoms with E-state index in [0.29, 0.717) is 33.9 Å². The largest absolute Gasteiger partial charge is 0.437 e. The molecule has 0 saturated heterocycles. The van der Waals surface area contributed by atoms with Gasteiger partial charge in [-0.1, -0.05) is 6.07 Å². The number of carbonyl (C=O) groups is 1. The summed E-state index contributed by atoms with van der Waals surface area (Å²) in [5.74, 6) is -3.12. The summed E-state index contributed by atoms with van der Waals surface area (Å²) < 4.78 is 61.7. The maximum Gasteiger partial charge on any atom is 0.437 e. The first-order valence-corrected chi connectivity index (χ1v) is 11.7. The highest BCUT2D eigenvalue weighted by Crippen LogP contribution is 2.44. The number of halogens is 4. The lowest BCUT2D eigenvalue weighted by Crippen LogP contribution is -2.41. The molecule has 1 aliphatic carbocycles. The van der Waals surface area contributed by atoms with Crippen molar-refractivity contribution in [2.24, 2.45) is 0 Å². The Kier molecular flexibility index (Phi) is 4.81. The Morgan fingerprint density at radius 1 is 1.29 bits per heavy atom. The van der Waals surface area contributed by atoms with Gasteiger partial charge in [0.25, 0.3) is 5.91 Å². The third-order valence-electron chi connectivity index (χ3n) is 6.47. The molecule has 1 aliphatic heterocycles. The normalized spacial score (nSPS) is 19.6. The number of fused-ring (bicyclic) bond motifs is 2. The molecule has 0 spiro atoms. The smallest absolute Gasteiger partial charge is 0.432 e. The molecule has 0 bridgehead atoms. The number of hydrogen-bond donors (Lipinski definition) is 2. The second-order valence-corrected chi connectivity index (χ2v) is 9.70. The molecule has 8 nitrogen and oxygen atoms in total. The zero-order valence-electron chi connectivity index (χ0n) is 17.9. The lowest BCUT2D eigenvalue weighted by atomic mass is 9.80. The van der Waals surface area contributed by atoms with Gasteiger partial charge < -0.3 is 19.4 Å². The van der Waals surface area contributed by atoms with E-state index >= 15 is 0 Å². The van der Waals surface area contributed by atoms with Crippen LogP contribution < -0.4 is 0 Å². The van der Waals surface area contributed by atoms with E-state index < -0.39 is 46.9 Å². The summed E-state index contributed by atoms with van der Waals surface area (Å²) in [6.07, 6.45) is -2.25. The number of nitrogens with zero attached hydrogens (tertiary/aromatic N) is 4. The highest BCUT2D eigenvalue weighted by atomic mass is 32.1. The monoisotopic (exact) mass is 507 g/mol. The van der Waals surface area contributed by atoms with Crippen LogP contribution in [0.1, 0.15) is 63.8 Å². The topological polar surface area (TPSA) is 108 Å². The third kappa shape index (κ3) is 3.44. The van der Waals surface area contributed by atoms with Crippen molar-refractivity contribution in [3.63, 3.8) is 0 Å². The first-order valence-electron chi connectivity index (χ1n) is 10.8. The Hall–Kier alpha value is -3.32. The molecule has 13 heteroatoms. The number of nitrogens with one attached hydrogen (secondary N) is 1. The van der Waals surface area contributed by atoms with Gasteiger partial charge in [0, 0.05) is 18.7 Å². The summed E-state index contributed by atoms with van der Waals surface area (Å²) in [5.41, 5.74) is -1.89. The predicted molar refractivity (Wildman–Crippen MR) is 114 cm³/mol. The molecule has 4 heterocycles. The summed E-state index contributed by atoms with van der Waals surface area (Å²) >= 11 is 1.13. The van der Waals surface area contributed by atoms with Crippen molar-refractivity contribution >= 4 is 27.5 Å². The third-order valence-corrected chi connectivity index (χ3v) is 7.55. The zero-order valence-corrected chi connectivity index (χ0v) is 18.7. The Balaban J connectivity index is 1.47. The van der Waals surface area contributed by atoms with E-state index in [2.05, 4.69) is 19.9 Å². The van der Waals surface area contributed by atoms with Crippen LogP contribution in [0.25, 0.3) is 10.2 Å². The molecule has 4 aromatic rings. The number of aromatic amines is 1. The zero-order chi connectivity index (χ0) is 24.5. The van der Waals surface area contributed by atoms with Crippen LogP contribution >= 0.6 is 11.3 Å². The number of thiazole rings is 1. The van der Waals surface area contributed by atoms with Crippen LogP contribution in [0.4, 0.5) is 17.6 Å². The van der Waals surface area contributed by atoms with E-state index in [1.807, 2.05) is 0 Å². The van der Waals surface area contributed by atoms with Crippen LogP contribution in [0.15, 0.2) is 28.9 Å². The molecular weight excluding hydrogens is 490 g/mol. The number of amides is 1. The van der Waals surface area contributed by atoms with Gasteiger partial charge in [-0.2, -0.15) is 13.2 Å². The molecule has 6 rings (SSSR count). The summed E-state index contributed by atoms with van der Waals surface area (Å²) in [4.78, 5) is 29.9. The number of aliphatic hydroxyl groups is 1. The minimum Gasteiger partial charge on any atom is -0.432 e. The van der Waals surface area contributed by atoms with E-state index in [9.17, 15) is 27.5 Å². The number of oxazole rings is 1. The molecule has 0 unspecified atom stereocenters. The highest BCUT2D eigenvalue weighted by Gasteiger charge is 2.49.